The molecule has 0 fully saturated rings. The molecule has 0 saturated carbocycles. The van der Waals surface area contributed by atoms with Gasteiger partial charge in [0.1, 0.15) is 5.02 Å². The Morgan fingerprint density at radius 1 is 0.238 bits per heavy atom. The molecule has 822 valence electrons. The first kappa shape index (κ1) is 129. The number of aliphatic hydroxyl groups is 6. The lowest BCUT2D eigenvalue weighted by Crippen LogP contribution is -2.32. The molecular formula is C81H155ClN54O11. The number of nitrogens with one attached hydrogen (secondary N) is 25. The summed E-state index contributed by atoms with van der Waals surface area (Å²) in [6, 6.07) is 0. The number of aromatic nitrogens is 29. The van der Waals surface area contributed by atoms with E-state index in [1.165, 1.54) is 0 Å². The molecule has 10 aromatic heterocycles. The van der Waals surface area contributed by atoms with E-state index in [0.29, 0.717) is 215 Å². The Kier molecular flexibility index (Phi) is 70.0. The Balaban J connectivity index is 0.000000822. The normalized spacial score (nSPS) is 9.93. The Bertz CT molecular complexity index is 5170. The molecule has 35 N–H and O–H groups in total. The van der Waals surface area contributed by atoms with Crippen molar-refractivity contribution in [3.8, 4) is 0 Å². The lowest BCUT2D eigenvalue weighted by atomic mass is 10.5. The van der Waals surface area contributed by atoms with Gasteiger partial charge in [0.05, 0.1) is 39.6 Å². The van der Waals surface area contributed by atoms with Crippen LogP contribution in [0.1, 0.15) is 122 Å². The summed E-state index contributed by atoms with van der Waals surface area (Å²) < 4.78 is 0. The van der Waals surface area contributed by atoms with Gasteiger partial charge < -0.3 is 163 Å². The van der Waals surface area contributed by atoms with Crippen molar-refractivity contribution in [2.75, 3.05) is 346 Å². The second-order valence-corrected chi connectivity index (χ2v) is 28.8. The van der Waals surface area contributed by atoms with Crippen LogP contribution in [0.3, 0.4) is 0 Å². The number of anilines is 25. The van der Waals surface area contributed by atoms with E-state index in [1.54, 1.807) is 71.1 Å². The Hall–Kier alpha value is -15.8. The van der Waals surface area contributed by atoms with Gasteiger partial charge in [-0.1, -0.05) is 53.1 Å². The molecule has 0 bridgehead atoms. The first-order chi connectivity index (χ1) is 71.0. The number of aliphatic hydroxyl groups excluding tert-OH is 6. The van der Waals surface area contributed by atoms with Crippen molar-refractivity contribution in [2.45, 2.75) is 122 Å². The molecule has 147 heavy (non-hydrogen) atoms. The van der Waals surface area contributed by atoms with E-state index in [1.807, 2.05) is 55.4 Å². The van der Waals surface area contributed by atoms with Crippen molar-refractivity contribution < 1.29 is 30.6 Å². The molecule has 0 unspecified atom stereocenters. The van der Waals surface area contributed by atoms with Crippen LogP contribution in [0.2, 0.25) is 5.02 Å². The van der Waals surface area contributed by atoms with E-state index in [0.717, 1.165) is 77.8 Å². The van der Waals surface area contributed by atoms with Crippen LogP contribution in [0.15, 0.2) is 24.0 Å². The quantitative estimate of drug-likeness (QED) is 0.0235. The minimum Gasteiger partial charge on any atom is -0.395 e. The maximum atomic E-state index is 11.2. The van der Waals surface area contributed by atoms with Crippen LogP contribution in [0.25, 0.3) is 0 Å². The summed E-state index contributed by atoms with van der Waals surface area (Å²) in [5, 5.41) is 112. The number of halogens is 1. The predicted octanol–water partition coefficient (Wildman–Crippen LogP) is -0.166. The number of nitrogens with zero attached hydrogens (tertiary/aromatic N) is 27. The summed E-state index contributed by atoms with van der Waals surface area (Å²) in [6.07, 6.45) is 5.91. The van der Waals surface area contributed by atoms with Crippen molar-refractivity contribution in [1.82, 2.24) is 145 Å². The third-order valence-electron chi connectivity index (χ3n) is 16.8. The first-order valence-electron chi connectivity index (χ1n) is 47.7. The summed E-state index contributed by atoms with van der Waals surface area (Å²) in [5.74, 6) is 10.4. The van der Waals surface area contributed by atoms with Crippen molar-refractivity contribution in [1.29, 1.82) is 0 Å². The highest BCUT2D eigenvalue weighted by atomic mass is 35.5. The van der Waals surface area contributed by atoms with E-state index in [2.05, 4.69) is 279 Å². The number of hydrogen-bond donors (Lipinski definition) is 33. The van der Waals surface area contributed by atoms with E-state index in [9.17, 15) is 24.0 Å². The van der Waals surface area contributed by atoms with Gasteiger partial charge in [0, 0.05) is 174 Å². The molecule has 0 spiro atoms. The van der Waals surface area contributed by atoms with Gasteiger partial charge in [-0.25, -0.2) is 19.2 Å². The van der Waals surface area contributed by atoms with Crippen LogP contribution in [-0.4, -0.2) is 389 Å². The van der Waals surface area contributed by atoms with Crippen LogP contribution >= 0.6 is 11.6 Å². The summed E-state index contributed by atoms with van der Waals surface area (Å²) >= 11 is 5.63. The highest BCUT2D eigenvalue weighted by Crippen LogP contribution is 2.19. The fourth-order valence-corrected chi connectivity index (χ4v) is 10.5. The summed E-state index contributed by atoms with van der Waals surface area (Å²) in [4.78, 5) is 169. The fraction of sp³-hybridized carbons (Fsp3) is 0.617. The molecule has 0 aromatic carbocycles. The highest BCUT2D eigenvalue weighted by Gasteiger charge is 2.18. The fourth-order valence-electron chi connectivity index (χ4n) is 10.3. The molecule has 10 aromatic rings. The van der Waals surface area contributed by atoms with Crippen LogP contribution in [0.5, 0.6) is 0 Å². The van der Waals surface area contributed by atoms with Crippen molar-refractivity contribution in [2.24, 2.45) is 0 Å². The number of hydrogen-bond acceptors (Lipinski definition) is 60. The molecule has 10 rings (SSSR count). The molecule has 66 heteroatoms. The zero-order valence-corrected chi connectivity index (χ0v) is 88.3. The lowest BCUT2D eigenvalue weighted by molar-refractivity contribution is 0.279. The van der Waals surface area contributed by atoms with Crippen molar-refractivity contribution in [3.05, 3.63) is 57.3 Å². The Labute approximate surface area is 856 Å². The van der Waals surface area contributed by atoms with Gasteiger partial charge in [-0.05, 0) is 80.1 Å². The lowest BCUT2D eigenvalue weighted by Gasteiger charge is -2.21. The maximum absolute atomic E-state index is 11.2. The Morgan fingerprint density at radius 2 is 0.449 bits per heavy atom. The van der Waals surface area contributed by atoms with Crippen molar-refractivity contribution in [3.63, 3.8) is 0 Å². The smallest absolute Gasteiger partial charge is 0.350 e. The van der Waals surface area contributed by atoms with Gasteiger partial charge >= 0.3 is 22.8 Å². The molecule has 0 atom stereocenters. The van der Waals surface area contributed by atoms with Gasteiger partial charge in [-0.2, -0.15) is 120 Å². The summed E-state index contributed by atoms with van der Waals surface area (Å²) in [7, 11) is 13.5. The number of nitrogen functional groups attached to an aromatic ring is 2. The van der Waals surface area contributed by atoms with Gasteiger partial charge in [0.15, 0.2) is 5.82 Å². The molecule has 10 heterocycles. The van der Waals surface area contributed by atoms with Crippen molar-refractivity contribution >= 4 is 160 Å². The molecule has 0 radical (unpaired) electrons. The molecule has 0 aliphatic carbocycles. The van der Waals surface area contributed by atoms with Crippen LogP contribution in [0, 0.1) is 0 Å². The van der Waals surface area contributed by atoms with Gasteiger partial charge in [0.25, 0.3) is 5.56 Å². The topological polar surface area (TPSA) is 897 Å². The zero-order valence-electron chi connectivity index (χ0n) is 87.5. The molecule has 0 aliphatic heterocycles. The average Bonchev–Trinajstić information content (AvgIpc) is 0.867. The van der Waals surface area contributed by atoms with Crippen LogP contribution in [0.4, 0.5) is 149 Å². The van der Waals surface area contributed by atoms with Gasteiger partial charge in [-0.15, -0.1) is 0 Å². The highest BCUT2D eigenvalue weighted by molar-refractivity contribution is 6.32. The SMILES string of the molecule is CCCNc1nc(N)nc(NCCC)n1.CCCNc1nc(NCCC)[nH]c(=O)n1.CCCNc1nc(NCCC)nc(N(CCO)CCO)n1.CCNc1nc(NCC)[nH]c(=O)n1.CCNc1nc(NCC)[nH]c(=O)n1.CCNc1nc(NCC)nc(N(CCO)CCO)n1.CNc1nc(N)nc(NC)n1.CNc1nc(NC)[nH]c(=O)n1.CNc1nc(NC)c(Cl)c(=O)[nH]1.CNc1nc(NC)nc(N(CCO)CCO)n1. The second-order valence-electron chi connectivity index (χ2n) is 28.5. The number of H-pyrrole nitrogens is 5. The number of rotatable bonds is 53. The second kappa shape index (κ2) is 79.7. The monoisotopic (exact) mass is 2100 g/mol. The van der Waals surface area contributed by atoms with E-state index in [4.69, 9.17) is 53.7 Å². The van der Waals surface area contributed by atoms with E-state index >= 15 is 0 Å². The molecule has 65 nitrogen and oxygen atoms in total. The average molecular weight is 2100 g/mol. The summed E-state index contributed by atoms with van der Waals surface area (Å²) in [5.41, 5.74) is 8.96. The third-order valence-corrected chi connectivity index (χ3v) is 17.1. The minimum atomic E-state index is -0.423. The Morgan fingerprint density at radius 3 is 0.721 bits per heavy atom. The summed E-state index contributed by atoms with van der Waals surface area (Å²) in [6.45, 7) is 34.9. The van der Waals surface area contributed by atoms with Gasteiger partial charge in [-0.3, -0.25) is 29.7 Å². The number of nitrogens with two attached hydrogens (primary N) is 2. The largest absolute Gasteiger partial charge is 0.395 e. The maximum Gasteiger partial charge on any atom is 0.350 e. The zero-order chi connectivity index (χ0) is 109. The number of aromatic amines is 5. The first-order valence-corrected chi connectivity index (χ1v) is 48.1. The molecule has 0 aliphatic rings. The predicted molar refractivity (Wildman–Crippen MR) is 582 cm³/mol. The van der Waals surface area contributed by atoms with E-state index in [-0.39, 0.29) is 67.8 Å². The minimum absolute atomic E-state index is 0.0267. The van der Waals surface area contributed by atoms with Gasteiger partial charge in [0.2, 0.25) is 143 Å². The van der Waals surface area contributed by atoms with E-state index < -0.39 is 17.1 Å². The third kappa shape index (κ3) is 55.6. The molecular weight excluding hydrogens is 1940 g/mol. The standard InChI is InChI=1S/C13H26N6O2.C11H22N6O2.C9H18N6O2.C9H18N6.C9H17N5O.2C7H13N5O.C6H9ClN4O.C5H10N6.C5H9N5O/c1-3-5-14-11-16-12(15-6-4-2)18-13(17-11)19(7-9-20)8-10-21;1-3-12-9-14-10(13-4-2)16-11(15-9)17(5-7-18)6-8-19;1-10-7-12-8(11-2)14-9(13-7)15(3-5-16)4-6-17;1-3-5-11-8-13-7(10)14-9(15-8)12-6-4-2;1-3-5-10-7-12-8(11-6-4-2)14-9(15)13-7;2*1-3-8-5-10-6(9-4-2)12-7(13)11-5;1-8-4-3(7)5(12)11-6(9-2)10-4;1-7-4-9-3(6)10-5(8-2)11-4;1-6-3-8-4(7-2)10-5(11)9-3/h20-21H,3-10H2,1-2H3,(H2,14,15,16,17,18);18-19H,3-8H2,1-2H3,(H2,12,13,14,15,16);16-17H,3-6H2,1-2H3,(H2,10,11,12,13,14);3-6H2,1-2H3,(H4,10,11,12,13,14,15);3-6H2,1-2H3,(H3,10,11,12,13,14,15);2*3-4H2,1-2H3,(H3,8,9,10,11,12,13);1-2H3,(H3,8,9,10,11,12);1-2H3,(H4,6,7,8,9,10,11);1-2H3,(H3,6,7,8,9,10,11). The van der Waals surface area contributed by atoms with Crippen LogP contribution < -0.4 is 161 Å². The molecule has 0 saturated heterocycles. The molecule has 0 amide bonds. The van der Waals surface area contributed by atoms with Crippen LogP contribution in [-0.2, 0) is 0 Å².